The molecule has 0 aliphatic carbocycles. The lowest BCUT2D eigenvalue weighted by Gasteiger charge is -2.45. The van der Waals surface area contributed by atoms with Gasteiger partial charge >= 0.3 is 0 Å². The Labute approximate surface area is 132 Å². The van der Waals surface area contributed by atoms with Crippen molar-refractivity contribution in [2.75, 3.05) is 26.9 Å². The molecular formula is C13H24O10. The van der Waals surface area contributed by atoms with Crippen molar-refractivity contribution in [3.63, 3.8) is 0 Å². The first-order valence-electron chi connectivity index (χ1n) is 7.33. The molecule has 9 atom stereocenters. The van der Waals surface area contributed by atoms with Crippen LogP contribution < -0.4 is 0 Å². The predicted octanol–water partition coefficient (Wildman–Crippen LogP) is -4.06. The van der Waals surface area contributed by atoms with Crippen molar-refractivity contribution in [2.45, 2.75) is 55.1 Å². The van der Waals surface area contributed by atoms with Gasteiger partial charge in [0.1, 0.15) is 48.8 Å². The fourth-order valence-electron chi connectivity index (χ4n) is 2.78. The topological polar surface area (TPSA) is 158 Å². The number of methoxy groups -OCH3 is 1. The van der Waals surface area contributed by atoms with Crippen LogP contribution in [0.3, 0.4) is 0 Å². The van der Waals surface area contributed by atoms with Gasteiger partial charge in [-0.05, 0) is 0 Å². The Morgan fingerprint density at radius 2 is 1.57 bits per heavy atom. The van der Waals surface area contributed by atoms with Crippen LogP contribution in [0.5, 0.6) is 0 Å². The third-order valence-corrected chi connectivity index (χ3v) is 4.14. The summed E-state index contributed by atoms with van der Waals surface area (Å²) in [5.74, 6) is 0. The van der Waals surface area contributed by atoms with E-state index in [2.05, 4.69) is 0 Å². The van der Waals surface area contributed by atoms with Crippen LogP contribution in [0.15, 0.2) is 0 Å². The molecule has 0 aromatic heterocycles. The molecule has 2 saturated heterocycles. The normalized spacial score (nSPS) is 48.4. The smallest absolute Gasteiger partial charge is 0.187 e. The summed E-state index contributed by atoms with van der Waals surface area (Å²) in [6.45, 7) is -1.18. The second kappa shape index (κ2) is 8.12. The van der Waals surface area contributed by atoms with Gasteiger partial charge in [-0.25, -0.2) is 0 Å². The first-order chi connectivity index (χ1) is 10.9. The van der Waals surface area contributed by atoms with E-state index in [-0.39, 0.29) is 6.61 Å². The van der Waals surface area contributed by atoms with Gasteiger partial charge in [-0.3, -0.25) is 0 Å². The van der Waals surface area contributed by atoms with Gasteiger partial charge in [0, 0.05) is 7.11 Å². The summed E-state index contributed by atoms with van der Waals surface area (Å²) in [5.41, 5.74) is 0. The van der Waals surface area contributed by atoms with Crippen LogP contribution in [0.2, 0.25) is 0 Å². The highest BCUT2D eigenvalue weighted by Gasteiger charge is 2.48. The van der Waals surface area contributed by atoms with E-state index in [9.17, 15) is 30.6 Å². The highest BCUT2D eigenvalue weighted by Crippen LogP contribution is 2.28. The van der Waals surface area contributed by atoms with Crippen molar-refractivity contribution in [2.24, 2.45) is 0 Å². The summed E-state index contributed by atoms with van der Waals surface area (Å²) >= 11 is 0. The fourth-order valence-corrected chi connectivity index (χ4v) is 2.78. The van der Waals surface area contributed by atoms with Gasteiger partial charge in [-0.2, -0.15) is 0 Å². The van der Waals surface area contributed by atoms with E-state index in [1.807, 2.05) is 0 Å². The van der Waals surface area contributed by atoms with Crippen LogP contribution in [0.4, 0.5) is 0 Å². The third kappa shape index (κ3) is 3.82. The maximum atomic E-state index is 10.2. The highest BCUT2D eigenvalue weighted by atomic mass is 16.7. The van der Waals surface area contributed by atoms with Gasteiger partial charge in [-0.15, -0.1) is 0 Å². The van der Waals surface area contributed by atoms with Crippen LogP contribution in [-0.4, -0.2) is 113 Å². The van der Waals surface area contributed by atoms with Crippen molar-refractivity contribution >= 4 is 0 Å². The quantitative estimate of drug-likeness (QED) is 0.291. The summed E-state index contributed by atoms with van der Waals surface area (Å²) in [4.78, 5) is 0. The maximum Gasteiger partial charge on any atom is 0.187 e. The molecule has 6 N–H and O–H groups in total. The number of ether oxygens (including phenoxy) is 4. The molecule has 2 heterocycles. The van der Waals surface area contributed by atoms with E-state index in [0.29, 0.717) is 0 Å². The molecule has 2 fully saturated rings. The molecular weight excluding hydrogens is 316 g/mol. The minimum absolute atomic E-state index is 0.168. The summed E-state index contributed by atoms with van der Waals surface area (Å²) in [6.07, 6.45) is -10.9. The lowest BCUT2D eigenvalue weighted by molar-refractivity contribution is -0.338. The second-order valence-electron chi connectivity index (χ2n) is 5.62. The average Bonchev–Trinajstić information content (AvgIpc) is 2.54. The highest BCUT2D eigenvalue weighted by molar-refractivity contribution is 4.93. The lowest BCUT2D eigenvalue weighted by atomic mass is 9.97. The molecule has 0 spiro atoms. The standard InChI is InChI=1S/C13H24O10/c1-20-12-9(18)6(2-14)22-13(10(12)19)23-11-7(3-15)21-4-5(16)8(11)17/h5-19H,2-4H2,1H3. The number of hydrogen-bond donors (Lipinski definition) is 6. The Hall–Kier alpha value is -0.400. The van der Waals surface area contributed by atoms with Gasteiger partial charge in [0.05, 0.1) is 19.8 Å². The van der Waals surface area contributed by atoms with E-state index >= 15 is 0 Å². The summed E-state index contributed by atoms with van der Waals surface area (Å²) in [5, 5.41) is 58.3. The van der Waals surface area contributed by atoms with Crippen LogP contribution >= 0.6 is 0 Å². The Balaban J connectivity index is 2.12. The molecule has 0 bridgehead atoms. The molecule has 0 aromatic carbocycles. The van der Waals surface area contributed by atoms with Crippen LogP contribution in [0.25, 0.3) is 0 Å². The summed E-state index contributed by atoms with van der Waals surface area (Å²) < 4.78 is 20.9. The zero-order valence-corrected chi connectivity index (χ0v) is 12.6. The molecule has 0 amide bonds. The minimum Gasteiger partial charge on any atom is -0.394 e. The fraction of sp³-hybridized carbons (Fsp3) is 1.00. The van der Waals surface area contributed by atoms with Crippen molar-refractivity contribution in [3.8, 4) is 0 Å². The Bertz CT molecular complexity index is 367. The third-order valence-electron chi connectivity index (χ3n) is 4.14. The number of hydrogen-bond acceptors (Lipinski definition) is 10. The van der Waals surface area contributed by atoms with Crippen molar-refractivity contribution < 1.29 is 49.6 Å². The van der Waals surface area contributed by atoms with Crippen molar-refractivity contribution in [1.29, 1.82) is 0 Å². The predicted molar refractivity (Wildman–Crippen MR) is 72.3 cm³/mol. The SMILES string of the molecule is COC1C(O)C(CO)OC(OC2C(CO)OCC(O)C2O)C1O. The Kier molecular flexibility index (Phi) is 6.68. The molecule has 2 rings (SSSR count). The van der Waals surface area contributed by atoms with Crippen LogP contribution in [0, 0.1) is 0 Å². The molecule has 136 valence electrons. The van der Waals surface area contributed by atoms with E-state index < -0.39 is 68.3 Å². The molecule has 0 radical (unpaired) electrons. The summed E-state index contributed by atoms with van der Waals surface area (Å²) in [6, 6.07) is 0. The van der Waals surface area contributed by atoms with Gasteiger partial charge in [-0.1, -0.05) is 0 Å². The van der Waals surface area contributed by atoms with Gasteiger partial charge < -0.3 is 49.6 Å². The Morgan fingerprint density at radius 3 is 2.13 bits per heavy atom. The van der Waals surface area contributed by atoms with Crippen LogP contribution in [0.1, 0.15) is 0 Å². The summed E-state index contributed by atoms with van der Waals surface area (Å²) in [7, 11) is 1.27. The maximum absolute atomic E-state index is 10.2. The molecule has 0 saturated carbocycles. The molecule has 0 aromatic rings. The number of rotatable bonds is 5. The van der Waals surface area contributed by atoms with Crippen LogP contribution in [-0.2, 0) is 18.9 Å². The molecule has 10 heteroatoms. The Morgan fingerprint density at radius 1 is 0.913 bits per heavy atom. The molecule has 2 aliphatic rings. The lowest BCUT2D eigenvalue weighted by Crippen LogP contribution is -2.63. The first kappa shape index (κ1) is 18.9. The molecule has 10 nitrogen and oxygen atoms in total. The molecule has 2 aliphatic heterocycles. The van der Waals surface area contributed by atoms with E-state index in [1.165, 1.54) is 7.11 Å². The monoisotopic (exact) mass is 340 g/mol. The number of aliphatic hydroxyl groups excluding tert-OH is 6. The molecule has 9 unspecified atom stereocenters. The zero-order chi connectivity index (χ0) is 17.1. The van der Waals surface area contributed by atoms with Crippen molar-refractivity contribution in [1.82, 2.24) is 0 Å². The van der Waals surface area contributed by atoms with Crippen molar-refractivity contribution in [3.05, 3.63) is 0 Å². The number of aliphatic hydroxyl groups is 6. The second-order valence-corrected chi connectivity index (χ2v) is 5.62. The van der Waals surface area contributed by atoms with Gasteiger partial charge in [0.25, 0.3) is 0 Å². The van der Waals surface area contributed by atoms with E-state index in [0.717, 1.165) is 0 Å². The largest absolute Gasteiger partial charge is 0.394 e. The first-order valence-corrected chi connectivity index (χ1v) is 7.33. The van der Waals surface area contributed by atoms with E-state index in [1.54, 1.807) is 0 Å². The zero-order valence-electron chi connectivity index (χ0n) is 12.6. The van der Waals surface area contributed by atoms with Gasteiger partial charge in [0.2, 0.25) is 0 Å². The minimum atomic E-state index is -1.41. The van der Waals surface area contributed by atoms with E-state index in [4.69, 9.17) is 18.9 Å². The molecule has 23 heavy (non-hydrogen) atoms. The average molecular weight is 340 g/mol. The van der Waals surface area contributed by atoms with Gasteiger partial charge in [0.15, 0.2) is 6.29 Å².